The summed E-state index contributed by atoms with van der Waals surface area (Å²) in [6, 6.07) is 51.6. The van der Waals surface area contributed by atoms with Gasteiger partial charge in [0.05, 0.1) is 0 Å². The zero-order valence-corrected chi connectivity index (χ0v) is 42.5. The minimum atomic E-state index is -2.09. The largest absolute Gasteiger partial charge is 0.530 e. The van der Waals surface area contributed by atoms with Gasteiger partial charge >= 0.3 is 8.60 Å². The van der Waals surface area contributed by atoms with E-state index in [9.17, 15) is 0 Å². The lowest BCUT2D eigenvalue weighted by atomic mass is 9.72. The Balaban J connectivity index is 1.53. The first-order chi connectivity index (χ1) is 29.8. The zero-order chi connectivity index (χ0) is 46.7. The number of hydrogen-bond donors (Lipinski definition) is 0. The molecule has 3 nitrogen and oxygen atoms in total. The van der Waals surface area contributed by atoms with E-state index < -0.39 is 8.60 Å². The highest BCUT2D eigenvalue weighted by Gasteiger charge is 2.33. The van der Waals surface area contributed by atoms with E-state index in [-0.39, 0.29) is 32.5 Å². The summed E-state index contributed by atoms with van der Waals surface area (Å²) in [5.74, 6) is 2.13. The molecule has 0 aliphatic carbocycles. The van der Waals surface area contributed by atoms with Crippen molar-refractivity contribution in [2.24, 2.45) is 16.2 Å². The quantitative estimate of drug-likeness (QED) is 0.0962. The van der Waals surface area contributed by atoms with Crippen molar-refractivity contribution in [3.8, 4) is 50.6 Å². The van der Waals surface area contributed by atoms with Gasteiger partial charge < -0.3 is 13.6 Å². The van der Waals surface area contributed by atoms with E-state index in [0.29, 0.717) is 17.2 Å². The minimum Gasteiger partial charge on any atom is -0.408 e. The lowest BCUT2D eigenvalue weighted by molar-refractivity contribution is 0.283. The maximum atomic E-state index is 7.21. The van der Waals surface area contributed by atoms with E-state index in [4.69, 9.17) is 13.6 Å². The van der Waals surface area contributed by atoms with Crippen LogP contribution in [-0.2, 0) is 16.2 Å². The predicted octanol–water partition coefficient (Wildman–Crippen LogP) is 18.6. The molecule has 0 saturated carbocycles. The Hall–Kier alpha value is -4.85. The van der Waals surface area contributed by atoms with Gasteiger partial charge in [-0.15, -0.1) is 0 Å². The van der Waals surface area contributed by atoms with Gasteiger partial charge in [0.2, 0.25) is 0 Å². The van der Waals surface area contributed by atoms with Crippen LogP contribution in [0.5, 0.6) is 17.2 Å². The molecule has 0 heterocycles. The Morgan fingerprint density at radius 2 is 0.547 bits per heavy atom. The van der Waals surface area contributed by atoms with Gasteiger partial charge in [0.1, 0.15) is 17.2 Å². The summed E-state index contributed by atoms with van der Waals surface area (Å²) < 4.78 is 21.6. The molecule has 0 aliphatic rings. The molecule has 0 spiro atoms. The van der Waals surface area contributed by atoms with Crippen LogP contribution < -0.4 is 13.6 Å². The summed E-state index contributed by atoms with van der Waals surface area (Å²) in [6.07, 6.45) is 3.09. The first-order valence-corrected chi connectivity index (χ1v) is 24.3. The van der Waals surface area contributed by atoms with Crippen molar-refractivity contribution in [3.05, 3.63) is 162 Å². The molecule has 4 heteroatoms. The van der Waals surface area contributed by atoms with Crippen LogP contribution in [0.15, 0.2) is 146 Å². The lowest BCUT2D eigenvalue weighted by Gasteiger charge is -2.34. The van der Waals surface area contributed by atoms with Gasteiger partial charge in [-0.3, -0.25) is 0 Å². The van der Waals surface area contributed by atoms with E-state index in [0.717, 1.165) is 52.6 Å². The van der Waals surface area contributed by atoms with E-state index in [1.54, 1.807) is 0 Å². The van der Waals surface area contributed by atoms with Crippen LogP contribution in [0.25, 0.3) is 33.4 Å². The van der Waals surface area contributed by atoms with Crippen molar-refractivity contribution in [2.45, 2.75) is 139 Å². The summed E-state index contributed by atoms with van der Waals surface area (Å²) >= 11 is 0. The molecule has 6 aromatic carbocycles. The minimum absolute atomic E-state index is 0.0712. The van der Waals surface area contributed by atoms with Gasteiger partial charge in [-0.2, -0.15) is 0 Å². The van der Waals surface area contributed by atoms with Gasteiger partial charge in [-0.05, 0) is 122 Å². The van der Waals surface area contributed by atoms with Gasteiger partial charge in [-0.25, -0.2) is 0 Å². The molecule has 64 heavy (non-hydrogen) atoms. The second-order valence-corrected chi connectivity index (χ2v) is 24.6. The number of benzene rings is 6. The Morgan fingerprint density at radius 3 is 0.766 bits per heavy atom. The summed E-state index contributed by atoms with van der Waals surface area (Å²) in [4.78, 5) is 0. The van der Waals surface area contributed by atoms with Crippen molar-refractivity contribution < 1.29 is 13.6 Å². The van der Waals surface area contributed by atoms with Crippen molar-refractivity contribution in [1.82, 2.24) is 0 Å². The van der Waals surface area contributed by atoms with Gasteiger partial charge in [0.25, 0.3) is 0 Å². The fourth-order valence-electron chi connectivity index (χ4n) is 10.2. The highest BCUT2D eigenvalue weighted by atomic mass is 31.2. The summed E-state index contributed by atoms with van der Waals surface area (Å²) in [5, 5.41) is 0. The van der Waals surface area contributed by atoms with E-state index in [1.807, 2.05) is 0 Å². The molecule has 0 N–H and O–H groups in total. The topological polar surface area (TPSA) is 27.7 Å². The Morgan fingerprint density at radius 1 is 0.312 bits per heavy atom. The van der Waals surface area contributed by atoms with Crippen LogP contribution in [0.3, 0.4) is 0 Å². The molecule has 0 bridgehead atoms. The third-order valence-electron chi connectivity index (χ3n) is 12.0. The van der Waals surface area contributed by atoms with Crippen LogP contribution in [0, 0.1) is 16.2 Å². The highest BCUT2D eigenvalue weighted by Crippen LogP contribution is 2.52. The van der Waals surface area contributed by atoms with E-state index >= 15 is 0 Å². The maximum Gasteiger partial charge on any atom is 0.530 e. The van der Waals surface area contributed by atoms with Crippen molar-refractivity contribution in [3.63, 3.8) is 0 Å². The molecule has 0 fully saturated rings. The molecule has 0 atom stereocenters. The molecule has 0 amide bonds. The molecular formula is C60H75O3P. The van der Waals surface area contributed by atoms with E-state index in [1.165, 1.54) is 16.7 Å². The second kappa shape index (κ2) is 18.9. The fraction of sp³-hybridized carbons (Fsp3) is 0.400. The van der Waals surface area contributed by atoms with Crippen LogP contribution in [0.4, 0.5) is 0 Å². The van der Waals surface area contributed by atoms with Crippen molar-refractivity contribution in [1.29, 1.82) is 0 Å². The fourth-order valence-corrected chi connectivity index (χ4v) is 11.3. The van der Waals surface area contributed by atoms with Crippen molar-refractivity contribution >= 4 is 8.60 Å². The molecule has 0 aliphatic heterocycles. The van der Waals surface area contributed by atoms with E-state index in [2.05, 4.69) is 249 Å². The predicted molar refractivity (Wildman–Crippen MR) is 276 cm³/mol. The smallest absolute Gasteiger partial charge is 0.408 e. The third kappa shape index (κ3) is 12.9. The van der Waals surface area contributed by atoms with Crippen molar-refractivity contribution in [2.75, 3.05) is 0 Å². The Labute approximate surface area is 389 Å². The maximum absolute atomic E-state index is 7.21. The first kappa shape index (κ1) is 48.6. The SMILES string of the molecule is CC(C)(C)CC(C)(C)c1ccc(OP(Oc2ccc(C(C)(C)CC(C)(C)C)cc2-c2ccccc2)Oc2ccc(C(C)(C)CC(C)(C)C)cc2-c2ccccc2)c(-c2ccccc2)c1. The van der Waals surface area contributed by atoms with Crippen LogP contribution in [0.2, 0.25) is 0 Å². The standard InChI is InChI=1S/C60H75O3P/c1-55(2,3)40-58(10,11)46-31-34-52(49(37-46)43-25-19-16-20-26-43)61-64(62-53-35-32-47(59(12,13)41-56(4,5)6)38-50(53)44-27-21-17-22-28-44)63-54-36-33-48(60(14,15)42-57(7,8)9)39-51(54)45-29-23-18-24-30-45/h16-39H,40-42H2,1-15H3. The summed E-state index contributed by atoms with van der Waals surface area (Å²) in [5.41, 5.74) is 10.3. The molecule has 6 rings (SSSR count). The molecule has 0 unspecified atom stereocenters. The first-order valence-electron chi connectivity index (χ1n) is 23.2. The molecule has 0 radical (unpaired) electrons. The molecule has 6 aromatic rings. The average molecular weight is 875 g/mol. The Kier molecular flexibility index (Phi) is 14.4. The summed E-state index contributed by atoms with van der Waals surface area (Å²) in [6.45, 7) is 34.9. The Bertz CT molecular complexity index is 2180. The number of hydrogen-bond acceptors (Lipinski definition) is 3. The third-order valence-corrected chi connectivity index (χ3v) is 13.0. The number of rotatable bonds is 15. The van der Waals surface area contributed by atoms with Crippen LogP contribution >= 0.6 is 8.60 Å². The monoisotopic (exact) mass is 875 g/mol. The van der Waals surface area contributed by atoms with Crippen LogP contribution in [-0.4, -0.2) is 0 Å². The van der Waals surface area contributed by atoms with Gasteiger partial charge in [-0.1, -0.05) is 213 Å². The van der Waals surface area contributed by atoms with Gasteiger partial charge in [0.15, 0.2) is 0 Å². The molecular weight excluding hydrogens is 800 g/mol. The van der Waals surface area contributed by atoms with Crippen LogP contribution in [0.1, 0.15) is 140 Å². The molecule has 338 valence electrons. The average Bonchev–Trinajstić information content (AvgIpc) is 3.19. The lowest BCUT2D eigenvalue weighted by Crippen LogP contribution is -2.25. The normalized spacial score (nSPS) is 12.9. The second-order valence-electron chi connectivity index (χ2n) is 23.6. The zero-order valence-electron chi connectivity index (χ0n) is 41.6. The highest BCUT2D eigenvalue weighted by molar-refractivity contribution is 7.43. The van der Waals surface area contributed by atoms with Gasteiger partial charge in [0, 0.05) is 16.7 Å². The summed E-state index contributed by atoms with van der Waals surface area (Å²) in [7, 11) is -2.09. The molecule has 0 saturated heterocycles. The molecule has 0 aromatic heterocycles.